The smallest absolute Gasteiger partial charge is 0.0574 e. The molecule has 0 bridgehead atoms. The molecule has 0 saturated carbocycles. The topological polar surface area (TPSA) is 12.0 Å². The summed E-state index contributed by atoms with van der Waals surface area (Å²) in [6, 6.07) is 8.46. The average Bonchev–Trinajstić information content (AvgIpc) is 2.13. The van der Waals surface area contributed by atoms with Gasteiger partial charge in [0.25, 0.3) is 0 Å². The van der Waals surface area contributed by atoms with Crippen molar-refractivity contribution < 1.29 is 0 Å². The third-order valence-corrected chi connectivity index (χ3v) is 1.77. The van der Waals surface area contributed by atoms with Crippen molar-refractivity contribution >= 4 is 0 Å². The quantitative estimate of drug-likeness (QED) is 0.672. The third kappa shape index (κ3) is 3.78. The molecule has 1 rings (SSSR count). The van der Waals surface area contributed by atoms with E-state index >= 15 is 0 Å². The molecule has 0 atom stereocenters. The van der Waals surface area contributed by atoms with E-state index in [0.717, 1.165) is 13.0 Å². The molecule has 0 spiro atoms. The van der Waals surface area contributed by atoms with Gasteiger partial charge in [0.1, 0.15) is 0 Å². The van der Waals surface area contributed by atoms with Crippen LogP contribution in [0.25, 0.3) is 0 Å². The van der Waals surface area contributed by atoms with Crippen molar-refractivity contribution in [2.45, 2.75) is 13.3 Å². The molecule has 1 nitrogen and oxygen atoms in total. The minimum Gasteiger partial charge on any atom is -0.309 e. The fourth-order valence-electron chi connectivity index (χ4n) is 1.14. The first-order valence-corrected chi connectivity index (χ1v) is 4.49. The molecular weight excluding hydrogens is 158 g/mol. The average molecular weight is 173 g/mol. The molecule has 0 amide bonds. The van der Waals surface area contributed by atoms with E-state index in [4.69, 9.17) is 0 Å². The van der Waals surface area contributed by atoms with Gasteiger partial charge < -0.3 is 5.32 Å². The maximum absolute atomic E-state index is 3.12. The summed E-state index contributed by atoms with van der Waals surface area (Å²) in [5, 5.41) is 2.99. The summed E-state index contributed by atoms with van der Waals surface area (Å²) in [6.45, 7) is 2.87. The standard InChI is InChI=1S/C12H15N/c1-11-6-5-8-12(10-11)7-3-4-9-13-2/h5-6,8,10,13H,7,9H2,1-2H3. The van der Waals surface area contributed by atoms with Crippen LogP contribution in [0.4, 0.5) is 0 Å². The molecule has 1 aromatic carbocycles. The van der Waals surface area contributed by atoms with E-state index in [-0.39, 0.29) is 0 Å². The van der Waals surface area contributed by atoms with Crippen LogP contribution in [0, 0.1) is 18.8 Å². The normalized spacial score (nSPS) is 9.08. The lowest BCUT2D eigenvalue weighted by molar-refractivity contribution is 0.937. The molecule has 13 heavy (non-hydrogen) atoms. The first kappa shape index (κ1) is 9.83. The number of aryl methyl sites for hydroxylation is 1. The van der Waals surface area contributed by atoms with Gasteiger partial charge in [-0.2, -0.15) is 0 Å². The van der Waals surface area contributed by atoms with Gasteiger partial charge in [0, 0.05) is 6.42 Å². The van der Waals surface area contributed by atoms with Crippen LogP contribution in [0.2, 0.25) is 0 Å². The first-order valence-electron chi connectivity index (χ1n) is 4.49. The van der Waals surface area contributed by atoms with E-state index < -0.39 is 0 Å². The molecule has 0 aliphatic heterocycles. The highest BCUT2D eigenvalue weighted by molar-refractivity contribution is 5.25. The third-order valence-electron chi connectivity index (χ3n) is 1.77. The van der Waals surface area contributed by atoms with Crippen LogP contribution in [0.1, 0.15) is 11.1 Å². The van der Waals surface area contributed by atoms with Crippen LogP contribution in [-0.2, 0) is 6.42 Å². The molecule has 0 unspecified atom stereocenters. The summed E-state index contributed by atoms with van der Waals surface area (Å²) in [6.07, 6.45) is 0.851. The predicted molar refractivity (Wildman–Crippen MR) is 56.6 cm³/mol. The second kappa shape index (κ2) is 5.40. The number of hydrogen-bond acceptors (Lipinski definition) is 1. The number of benzene rings is 1. The highest BCUT2D eigenvalue weighted by Crippen LogP contribution is 2.03. The van der Waals surface area contributed by atoms with Gasteiger partial charge in [-0.25, -0.2) is 0 Å². The van der Waals surface area contributed by atoms with E-state index in [1.807, 2.05) is 7.05 Å². The van der Waals surface area contributed by atoms with Crippen molar-refractivity contribution in [2.24, 2.45) is 0 Å². The van der Waals surface area contributed by atoms with Gasteiger partial charge in [-0.1, -0.05) is 41.7 Å². The van der Waals surface area contributed by atoms with Gasteiger partial charge in [0.15, 0.2) is 0 Å². The summed E-state index contributed by atoms with van der Waals surface area (Å²) < 4.78 is 0. The highest BCUT2D eigenvalue weighted by atomic mass is 14.8. The van der Waals surface area contributed by atoms with E-state index in [1.54, 1.807) is 0 Å². The Morgan fingerprint density at radius 3 is 2.85 bits per heavy atom. The van der Waals surface area contributed by atoms with Crippen LogP contribution in [0.15, 0.2) is 24.3 Å². The van der Waals surface area contributed by atoms with Gasteiger partial charge in [-0.15, -0.1) is 0 Å². The Bertz CT molecular complexity index is 317. The van der Waals surface area contributed by atoms with Gasteiger partial charge in [0.2, 0.25) is 0 Å². The second-order valence-electron chi connectivity index (χ2n) is 3.05. The Hall–Kier alpha value is -1.26. The number of nitrogens with one attached hydrogen (secondary N) is 1. The molecule has 1 aromatic rings. The minimum absolute atomic E-state index is 0.770. The van der Waals surface area contributed by atoms with Crippen molar-refractivity contribution in [1.29, 1.82) is 0 Å². The van der Waals surface area contributed by atoms with Crippen LogP contribution >= 0.6 is 0 Å². The van der Waals surface area contributed by atoms with Crippen molar-refractivity contribution in [3.8, 4) is 11.8 Å². The summed E-state index contributed by atoms with van der Waals surface area (Å²) in [7, 11) is 1.90. The maximum atomic E-state index is 3.12. The van der Waals surface area contributed by atoms with E-state index in [0.29, 0.717) is 0 Å². The van der Waals surface area contributed by atoms with Crippen molar-refractivity contribution in [1.82, 2.24) is 5.32 Å². The van der Waals surface area contributed by atoms with Crippen molar-refractivity contribution in [3.05, 3.63) is 35.4 Å². The maximum Gasteiger partial charge on any atom is 0.0574 e. The van der Waals surface area contributed by atoms with Gasteiger partial charge in [-0.3, -0.25) is 0 Å². The van der Waals surface area contributed by atoms with Gasteiger partial charge >= 0.3 is 0 Å². The minimum atomic E-state index is 0.770. The second-order valence-corrected chi connectivity index (χ2v) is 3.05. The molecule has 0 aromatic heterocycles. The summed E-state index contributed by atoms with van der Waals surface area (Å²) in [4.78, 5) is 0. The Labute approximate surface area is 80.2 Å². The van der Waals surface area contributed by atoms with E-state index in [9.17, 15) is 0 Å². The molecule has 0 radical (unpaired) electrons. The molecular formula is C12H15N. The Morgan fingerprint density at radius 1 is 1.31 bits per heavy atom. The zero-order chi connectivity index (χ0) is 9.52. The lowest BCUT2D eigenvalue weighted by Gasteiger charge is -1.95. The first-order chi connectivity index (χ1) is 6.33. The fraction of sp³-hybridized carbons (Fsp3) is 0.333. The summed E-state index contributed by atoms with van der Waals surface area (Å²) in [5.41, 5.74) is 2.59. The van der Waals surface area contributed by atoms with Crippen molar-refractivity contribution in [3.63, 3.8) is 0 Å². The molecule has 68 valence electrons. The molecule has 1 heteroatoms. The Morgan fingerprint density at radius 2 is 2.15 bits per heavy atom. The predicted octanol–water partition coefficient (Wildman–Crippen LogP) is 1.76. The largest absolute Gasteiger partial charge is 0.309 e. The Kier molecular flexibility index (Phi) is 4.08. The monoisotopic (exact) mass is 173 g/mol. The van der Waals surface area contributed by atoms with Crippen LogP contribution < -0.4 is 5.32 Å². The molecule has 0 heterocycles. The van der Waals surface area contributed by atoms with Gasteiger partial charge in [-0.05, 0) is 19.5 Å². The lowest BCUT2D eigenvalue weighted by Crippen LogP contribution is -2.04. The lowest BCUT2D eigenvalue weighted by atomic mass is 10.1. The SMILES string of the molecule is CNCC#CCc1cccc(C)c1. The highest BCUT2D eigenvalue weighted by Gasteiger charge is 1.88. The van der Waals surface area contributed by atoms with Crippen LogP contribution in [0.5, 0.6) is 0 Å². The fourth-order valence-corrected chi connectivity index (χ4v) is 1.14. The summed E-state index contributed by atoms with van der Waals surface area (Å²) >= 11 is 0. The number of hydrogen-bond donors (Lipinski definition) is 1. The molecule has 1 N–H and O–H groups in total. The molecule has 0 aliphatic carbocycles. The molecule has 0 saturated heterocycles. The Balaban J connectivity index is 2.51. The molecule has 0 aliphatic rings. The number of rotatable bonds is 2. The van der Waals surface area contributed by atoms with Crippen LogP contribution in [-0.4, -0.2) is 13.6 Å². The molecule has 0 fully saturated rings. The van der Waals surface area contributed by atoms with E-state index in [1.165, 1.54) is 11.1 Å². The van der Waals surface area contributed by atoms with Gasteiger partial charge in [0.05, 0.1) is 6.54 Å². The summed E-state index contributed by atoms with van der Waals surface area (Å²) in [5.74, 6) is 6.16. The zero-order valence-electron chi connectivity index (χ0n) is 8.22. The van der Waals surface area contributed by atoms with E-state index in [2.05, 4.69) is 48.3 Å². The van der Waals surface area contributed by atoms with Crippen LogP contribution in [0.3, 0.4) is 0 Å². The zero-order valence-corrected chi connectivity index (χ0v) is 8.22. The van der Waals surface area contributed by atoms with Crippen molar-refractivity contribution in [2.75, 3.05) is 13.6 Å².